The molecule has 5 heteroatoms. The number of nitrogen functional groups attached to an aromatic ring is 1. The van der Waals surface area contributed by atoms with Crippen LogP contribution >= 0.6 is 0 Å². The van der Waals surface area contributed by atoms with Gasteiger partial charge < -0.3 is 10.6 Å². The monoisotopic (exact) mass is 273 g/mol. The lowest BCUT2D eigenvalue weighted by molar-refractivity contribution is 0.157. The topological polar surface area (TPSA) is 60.0 Å². The highest BCUT2D eigenvalue weighted by Gasteiger charge is 2.17. The molecule has 1 saturated heterocycles. The van der Waals surface area contributed by atoms with Crippen LogP contribution in [0.25, 0.3) is 11.2 Å². The molecular formula is C15H23N5. The molecule has 3 rings (SSSR count). The summed E-state index contributed by atoms with van der Waals surface area (Å²) < 4.78 is 2.03. The smallest absolute Gasteiger partial charge is 0.202 e. The zero-order valence-corrected chi connectivity index (χ0v) is 12.1. The lowest BCUT2D eigenvalue weighted by Crippen LogP contribution is -2.38. The number of rotatable bonds is 4. The van der Waals surface area contributed by atoms with E-state index in [4.69, 9.17) is 5.73 Å². The summed E-state index contributed by atoms with van der Waals surface area (Å²) in [4.78, 5) is 11.3. The van der Waals surface area contributed by atoms with Gasteiger partial charge in [-0.2, -0.15) is 0 Å². The molecule has 2 N–H and O–H groups in total. The third-order valence-electron chi connectivity index (χ3n) is 4.30. The van der Waals surface area contributed by atoms with E-state index in [1.807, 2.05) is 16.7 Å². The minimum atomic E-state index is 0.574. The first-order valence-corrected chi connectivity index (χ1v) is 7.56. The fourth-order valence-corrected chi connectivity index (χ4v) is 3.12. The van der Waals surface area contributed by atoms with E-state index in [9.17, 15) is 0 Å². The van der Waals surface area contributed by atoms with Gasteiger partial charge in [0.25, 0.3) is 0 Å². The molecule has 1 atom stereocenters. The zero-order valence-electron chi connectivity index (χ0n) is 12.1. The molecule has 5 nitrogen and oxygen atoms in total. The van der Waals surface area contributed by atoms with Crippen molar-refractivity contribution < 1.29 is 0 Å². The molecule has 2 aromatic rings. The van der Waals surface area contributed by atoms with Crippen LogP contribution in [0, 0.1) is 0 Å². The van der Waals surface area contributed by atoms with Crippen LogP contribution in [0.4, 0.5) is 5.95 Å². The van der Waals surface area contributed by atoms with Gasteiger partial charge in [-0.25, -0.2) is 9.97 Å². The zero-order chi connectivity index (χ0) is 13.9. The fourth-order valence-electron chi connectivity index (χ4n) is 3.12. The van der Waals surface area contributed by atoms with Gasteiger partial charge in [-0.05, 0) is 44.9 Å². The molecule has 0 radical (unpaired) electrons. The van der Waals surface area contributed by atoms with Gasteiger partial charge in [0.05, 0.1) is 0 Å². The van der Waals surface area contributed by atoms with Crippen molar-refractivity contribution in [3.63, 3.8) is 0 Å². The maximum absolute atomic E-state index is 6.00. The number of pyridine rings is 1. The maximum atomic E-state index is 6.00. The Labute approximate surface area is 119 Å². The maximum Gasteiger partial charge on any atom is 0.202 e. The van der Waals surface area contributed by atoms with Gasteiger partial charge in [0.15, 0.2) is 5.65 Å². The van der Waals surface area contributed by atoms with Crippen LogP contribution in [0.15, 0.2) is 18.3 Å². The number of anilines is 1. The molecule has 0 spiro atoms. The van der Waals surface area contributed by atoms with E-state index in [1.165, 1.54) is 25.8 Å². The Morgan fingerprint density at radius 1 is 1.35 bits per heavy atom. The van der Waals surface area contributed by atoms with E-state index in [2.05, 4.69) is 21.8 Å². The first-order valence-electron chi connectivity index (χ1n) is 7.56. The van der Waals surface area contributed by atoms with Gasteiger partial charge in [-0.15, -0.1) is 0 Å². The Morgan fingerprint density at radius 3 is 3.10 bits per heavy atom. The van der Waals surface area contributed by atoms with Crippen LogP contribution < -0.4 is 5.73 Å². The third kappa shape index (κ3) is 2.63. The number of aryl methyl sites for hydroxylation is 1. The van der Waals surface area contributed by atoms with Crippen molar-refractivity contribution in [1.82, 2.24) is 19.4 Å². The average molecular weight is 273 g/mol. The number of nitrogens with two attached hydrogens (primary N) is 1. The number of aromatic nitrogens is 3. The largest absolute Gasteiger partial charge is 0.369 e. The molecule has 2 aromatic heterocycles. The summed E-state index contributed by atoms with van der Waals surface area (Å²) in [5, 5.41) is 0. The summed E-state index contributed by atoms with van der Waals surface area (Å²) in [7, 11) is 0. The molecule has 108 valence electrons. The summed E-state index contributed by atoms with van der Waals surface area (Å²) in [6.45, 7) is 5.59. The number of nitrogens with zero attached hydrogens (tertiary/aromatic N) is 4. The molecule has 0 bridgehead atoms. The molecule has 1 fully saturated rings. The number of hydrogen-bond acceptors (Lipinski definition) is 4. The molecule has 1 unspecified atom stereocenters. The second kappa shape index (κ2) is 5.79. The van der Waals surface area contributed by atoms with Crippen LogP contribution in [0.2, 0.25) is 0 Å². The normalized spacial score (nSPS) is 20.6. The van der Waals surface area contributed by atoms with Crippen molar-refractivity contribution in [2.45, 2.75) is 45.2 Å². The van der Waals surface area contributed by atoms with E-state index in [0.717, 1.165) is 36.7 Å². The Kier molecular flexibility index (Phi) is 3.87. The van der Waals surface area contributed by atoms with Gasteiger partial charge in [0, 0.05) is 25.3 Å². The van der Waals surface area contributed by atoms with Crippen molar-refractivity contribution in [1.29, 1.82) is 0 Å². The van der Waals surface area contributed by atoms with E-state index < -0.39 is 0 Å². The highest BCUT2D eigenvalue weighted by molar-refractivity contribution is 5.73. The number of fused-ring (bicyclic) bond motifs is 1. The quantitative estimate of drug-likeness (QED) is 0.928. The van der Waals surface area contributed by atoms with Gasteiger partial charge in [-0.1, -0.05) is 6.42 Å². The Hall–Kier alpha value is -1.62. The molecule has 3 heterocycles. The number of hydrogen-bond donors (Lipinski definition) is 1. The number of imidazole rings is 1. The van der Waals surface area contributed by atoms with Gasteiger partial charge in [-0.3, -0.25) is 4.57 Å². The lowest BCUT2D eigenvalue weighted by atomic mass is 10.0. The Bertz CT molecular complexity index is 577. The van der Waals surface area contributed by atoms with E-state index in [1.54, 1.807) is 6.20 Å². The molecule has 1 aliphatic heterocycles. The molecule has 20 heavy (non-hydrogen) atoms. The van der Waals surface area contributed by atoms with Crippen molar-refractivity contribution in [2.24, 2.45) is 0 Å². The van der Waals surface area contributed by atoms with Gasteiger partial charge >= 0.3 is 0 Å². The fraction of sp³-hybridized carbons (Fsp3) is 0.600. The van der Waals surface area contributed by atoms with Gasteiger partial charge in [0.1, 0.15) is 5.52 Å². The predicted molar refractivity (Wildman–Crippen MR) is 81.4 cm³/mol. The van der Waals surface area contributed by atoms with Crippen LogP contribution in [0.1, 0.15) is 32.6 Å². The van der Waals surface area contributed by atoms with Crippen LogP contribution in [-0.4, -0.2) is 38.6 Å². The number of piperidine rings is 1. The first-order chi connectivity index (χ1) is 9.75. The summed E-state index contributed by atoms with van der Waals surface area (Å²) in [6.07, 6.45) is 6.93. The van der Waals surface area contributed by atoms with E-state index in [0.29, 0.717) is 5.95 Å². The highest BCUT2D eigenvalue weighted by atomic mass is 15.2. The Balaban J connectivity index is 1.63. The molecule has 0 aromatic carbocycles. The van der Waals surface area contributed by atoms with E-state index in [-0.39, 0.29) is 0 Å². The second-order valence-corrected chi connectivity index (χ2v) is 5.70. The minimum absolute atomic E-state index is 0.574. The van der Waals surface area contributed by atoms with Crippen molar-refractivity contribution in [3.05, 3.63) is 18.3 Å². The predicted octanol–water partition coefficient (Wildman–Crippen LogP) is 2.28. The second-order valence-electron chi connectivity index (χ2n) is 5.70. The van der Waals surface area contributed by atoms with Crippen molar-refractivity contribution >= 4 is 17.1 Å². The standard InChI is InChI=1S/C15H23N5/c1-12-6-2-3-9-19(12)10-5-11-20-14-13(18-15(20)16)7-4-8-17-14/h4,7-8,12H,2-3,5-6,9-11H2,1H3,(H2,16,18). The lowest BCUT2D eigenvalue weighted by Gasteiger charge is -2.33. The van der Waals surface area contributed by atoms with Crippen molar-refractivity contribution in [2.75, 3.05) is 18.8 Å². The van der Waals surface area contributed by atoms with Crippen LogP contribution in [0.3, 0.4) is 0 Å². The summed E-state index contributed by atoms with van der Waals surface area (Å²) in [6, 6.07) is 4.58. The molecule has 0 saturated carbocycles. The van der Waals surface area contributed by atoms with E-state index >= 15 is 0 Å². The highest BCUT2D eigenvalue weighted by Crippen LogP contribution is 2.18. The van der Waals surface area contributed by atoms with Crippen LogP contribution in [0.5, 0.6) is 0 Å². The molecule has 1 aliphatic rings. The summed E-state index contributed by atoms with van der Waals surface area (Å²) in [5.41, 5.74) is 7.78. The molecule has 0 amide bonds. The van der Waals surface area contributed by atoms with Crippen molar-refractivity contribution in [3.8, 4) is 0 Å². The summed E-state index contributed by atoms with van der Waals surface area (Å²) in [5.74, 6) is 0.574. The average Bonchev–Trinajstić information content (AvgIpc) is 2.77. The Morgan fingerprint density at radius 2 is 2.25 bits per heavy atom. The third-order valence-corrected chi connectivity index (χ3v) is 4.30. The summed E-state index contributed by atoms with van der Waals surface area (Å²) >= 11 is 0. The SMILES string of the molecule is CC1CCCCN1CCCn1c(N)nc2cccnc21. The van der Waals surface area contributed by atoms with Crippen LogP contribution in [-0.2, 0) is 6.54 Å². The molecule has 0 aliphatic carbocycles. The minimum Gasteiger partial charge on any atom is -0.369 e. The number of likely N-dealkylation sites (tertiary alicyclic amines) is 1. The first kappa shape index (κ1) is 13.4. The molecular weight excluding hydrogens is 250 g/mol. The van der Waals surface area contributed by atoms with Gasteiger partial charge in [0.2, 0.25) is 5.95 Å².